The van der Waals surface area contributed by atoms with E-state index in [-0.39, 0.29) is 47.6 Å². The van der Waals surface area contributed by atoms with E-state index in [2.05, 4.69) is 88.8 Å². The molecule has 5 aromatic rings. The van der Waals surface area contributed by atoms with Gasteiger partial charge in [0.25, 0.3) is 5.91 Å². The number of anilines is 3. The topological polar surface area (TPSA) is 198 Å². The number of ether oxygens (including phenoxy) is 5. The highest BCUT2D eigenvalue weighted by Gasteiger charge is 2.64. The van der Waals surface area contributed by atoms with Crippen molar-refractivity contribution in [3.63, 3.8) is 0 Å². The zero-order valence-corrected chi connectivity index (χ0v) is 43.3. The molecule has 2 aliphatic heterocycles. The number of carbonyl (C=O) groups excluding carboxylic acids is 1. The van der Waals surface area contributed by atoms with Gasteiger partial charge in [0.2, 0.25) is 11.8 Å². The Morgan fingerprint density at radius 1 is 0.917 bits per heavy atom. The molecular weight excluding hydrogens is 938 g/mol. The first-order chi connectivity index (χ1) is 34.8. The molecule has 2 N–H and O–H groups in total. The van der Waals surface area contributed by atoms with Gasteiger partial charge < -0.3 is 48.8 Å². The zero-order valence-electron chi connectivity index (χ0n) is 42.6. The number of nitriles is 1. The number of nitrogens with one attached hydrogen (secondary N) is 1. The molecule has 18 nitrogen and oxygen atoms in total. The number of fused-ring (bicyclic) bond motifs is 1. The Hall–Kier alpha value is -5.84. The molecule has 386 valence electrons. The van der Waals surface area contributed by atoms with Gasteiger partial charge in [0.05, 0.1) is 61.5 Å². The molecule has 1 atom stereocenters. The van der Waals surface area contributed by atoms with Gasteiger partial charge in [-0.2, -0.15) is 14.9 Å². The van der Waals surface area contributed by atoms with Crippen LogP contribution in [-0.4, -0.2) is 138 Å². The van der Waals surface area contributed by atoms with Crippen LogP contribution in [0.25, 0.3) is 5.65 Å². The van der Waals surface area contributed by atoms with Gasteiger partial charge in [-0.15, -0.1) is 0 Å². The minimum Gasteiger partial charge on any atom is -0.489 e. The number of amides is 1. The lowest BCUT2D eigenvalue weighted by molar-refractivity contribution is -0.164. The summed E-state index contributed by atoms with van der Waals surface area (Å²) >= 11 is 6.25. The van der Waals surface area contributed by atoms with Crippen molar-refractivity contribution >= 4 is 40.7 Å². The number of aliphatic hydroxyl groups is 1. The molecule has 0 spiro atoms. The molecule has 2 saturated heterocycles. The van der Waals surface area contributed by atoms with Gasteiger partial charge >= 0.3 is 0 Å². The molecule has 19 heteroatoms. The first kappa shape index (κ1) is 52.5. The average molecular weight is 1010 g/mol. The van der Waals surface area contributed by atoms with Crippen LogP contribution in [0.15, 0.2) is 61.2 Å². The number of hydrogen-bond acceptors (Lipinski definition) is 16. The second kappa shape index (κ2) is 23.8. The number of carbonyl (C=O) groups is 1. The van der Waals surface area contributed by atoms with E-state index in [0.29, 0.717) is 79.9 Å². The van der Waals surface area contributed by atoms with Crippen LogP contribution in [0.4, 0.5) is 17.6 Å². The molecule has 0 radical (unpaired) electrons. The number of nitrogens with zero attached hydrogens (tertiary/aromatic N) is 10. The van der Waals surface area contributed by atoms with Crippen LogP contribution in [0.2, 0.25) is 5.02 Å². The summed E-state index contributed by atoms with van der Waals surface area (Å²) in [6, 6.07) is 13.3. The lowest BCUT2D eigenvalue weighted by Gasteiger charge is -2.63. The van der Waals surface area contributed by atoms with E-state index >= 15 is 0 Å². The first-order valence-corrected chi connectivity index (χ1v) is 25.7. The molecule has 0 bridgehead atoms. The molecule has 72 heavy (non-hydrogen) atoms. The van der Waals surface area contributed by atoms with Crippen molar-refractivity contribution in [1.29, 1.82) is 5.26 Å². The second-order valence-electron chi connectivity index (χ2n) is 20.2. The third-order valence-electron chi connectivity index (χ3n) is 14.4. The molecule has 3 fully saturated rings. The van der Waals surface area contributed by atoms with Gasteiger partial charge in [-0.25, -0.2) is 19.9 Å². The van der Waals surface area contributed by atoms with Gasteiger partial charge in [-0.1, -0.05) is 52.3 Å². The maximum Gasteiger partial charge on any atom is 0.254 e. The molecule has 1 aromatic carbocycles. The summed E-state index contributed by atoms with van der Waals surface area (Å²) < 4.78 is 31.7. The molecule has 6 heterocycles. The van der Waals surface area contributed by atoms with Crippen LogP contribution in [0, 0.1) is 22.2 Å². The minimum atomic E-state index is -0.387. The lowest BCUT2D eigenvalue weighted by Crippen LogP contribution is -2.74. The average Bonchev–Trinajstić information content (AvgIpc) is 3.81. The molecule has 1 saturated carbocycles. The van der Waals surface area contributed by atoms with Crippen LogP contribution < -0.4 is 29.5 Å². The van der Waals surface area contributed by atoms with Crippen LogP contribution in [0.5, 0.6) is 11.6 Å². The Kier molecular flexibility index (Phi) is 17.3. The highest BCUT2D eigenvalue weighted by Crippen LogP contribution is 2.55. The largest absolute Gasteiger partial charge is 0.489 e. The summed E-state index contributed by atoms with van der Waals surface area (Å²) in [5, 5.41) is 27.2. The van der Waals surface area contributed by atoms with Crippen LogP contribution in [0.1, 0.15) is 100 Å². The maximum absolute atomic E-state index is 13.4. The van der Waals surface area contributed by atoms with Gasteiger partial charge in [0, 0.05) is 105 Å². The van der Waals surface area contributed by atoms with Crippen LogP contribution in [0.3, 0.4) is 0 Å². The highest BCUT2D eigenvalue weighted by molar-refractivity contribution is 6.31. The number of benzene rings is 1. The van der Waals surface area contributed by atoms with E-state index in [1.54, 1.807) is 30.6 Å². The van der Waals surface area contributed by atoms with E-state index < -0.39 is 0 Å². The van der Waals surface area contributed by atoms with E-state index in [1.165, 1.54) is 6.42 Å². The SMILES string of the molecule is CCc1cnn2c(N(C)Cc3ccc(OCCOCCOCCOC4CCN(c5ncc(C(=O)NC6C(C)(C)C(Oc7ccc(C#N)c(Cl)c7)C6(C)C)cn5)CC4)nc3)cc(N3CCCC[C@H]3CCO)nc12. The quantitative estimate of drug-likeness (QED) is 0.0629. The number of piperidine rings is 2. The van der Waals surface area contributed by atoms with E-state index in [4.69, 9.17) is 45.4 Å². The summed E-state index contributed by atoms with van der Waals surface area (Å²) in [6.07, 6.45) is 13.4. The van der Waals surface area contributed by atoms with Crippen molar-refractivity contribution in [3.05, 3.63) is 88.5 Å². The Morgan fingerprint density at radius 2 is 1.65 bits per heavy atom. The predicted octanol–water partition coefficient (Wildman–Crippen LogP) is 7.09. The van der Waals surface area contributed by atoms with Gasteiger partial charge in [-0.3, -0.25) is 4.79 Å². The Bertz CT molecular complexity index is 2600. The number of aromatic nitrogens is 6. The predicted molar refractivity (Wildman–Crippen MR) is 275 cm³/mol. The van der Waals surface area contributed by atoms with Crippen molar-refractivity contribution in [2.75, 3.05) is 87.6 Å². The molecule has 0 unspecified atom stereocenters. The molecule has 1 amide bonds. The standard InChI is InChI=1S/C53H70ClN11O7/c1-7-37-34-59-65-46(29-44(60-47(37)65)64-18-9-8-10-40(64)17-21-66)62(6)35-36-11-14-45(56-31-36)71-27-25-69-23-22-68-24-26-70-41-15-19-63(20-16-41)51-57-32-39(33-58-51)48(67)61-49-52(2,3)50(53(49,4)5)72-42-13-12-38(30-55)43(54)28-42/h11-14,28-29,31-34,40-41,49-50,66H,7-10,15-27,35H2,1-6H3,(H,61,67)/t40-,49?,50?/m0/s1. The summed E-state index contributed by atoms with van der Waals surface area (Å²) in [5.74, 6) is 3.36. The fourth-order valence-electron chi connectivity index (χ4n) is 10.8. The zero-order chi connectivity index (χ0) is 50.8. The lowest BCUT2D eigenvalue weighted by atomic mass is 9.49. The molecule has 4 aromatic heterocycles. The number of halogens is 1. The number of pyridine rings is 1. The second-order valence-corrected chi connectivity index (χ2v) is 20.6. The number of aryl methyl sites for hydroxylation is 1. The highest BCUT2D eigenvalue weighted by atomic mass is 35.5. The van der Waals surface area contributed by atoms with Crippen molar-refractivity contribution in [2.45, 2.75) is 110 Å². The van der Waals surface area contributed by atoms with Gasteiger partial charge in [0.15, 0.2) is 5.65 Å². The fourth-order valence-corrected chi connectivity index (χ4v) is 11.0. The van der Waals surface area contributed by atoms with E-state index in [1.807, 2.05) is 29.0 Å². The Labute approximate surface area is 427 Å². The summed E-state index contributed by atoms with van der Waals surface area (Å²) in [6.45, 7) is 16.3. The van der Waals surface area contributed by atoms with Crippen molar-refractivity contribution in [3.8, 4) is 17.7 Å². The third kappa shape index (κ3) is 12.1. The first-order valence-electron chi connectivity index (χ1n) is 25.4. The van der Waals surface area contributed by atoms with Crippen molar-refractivity contribution in [1.82, 2.24) is 34.9 Å². The van der Waals surface area contributed by atoms with Crippen molar-refractivity contribution in [2.24, 2.45) is 10.8 Å². The summed E-state index contributed by atoms with van der Waals surface area (Å²) in [5.41, 5.74) is 3.03. The Morgan fingerprint density at radius 3 is 2.33 bits per heavy atom. The third-order valence-corrected chi connectivity index (χ3v) is 14.7. The monoisotopic (exact) mass is 1010 g/mol. The number of rotatable bonds is 23. The molecular formula is C53H70ClN11O7. The van der Waals surface area contributed by atoms with Gasteiger partial charge in [0.1, 0.15) is 36.2 Å². The maximum atomic E-state index is 13.4. The van der Waals surface area contributed by atoms with Crippen LogP contribution >= 0.6 is 11.6 Å². The summed E-state index contributed by atoms with van der Waals surface area (Å²) in [4.78, 5) is 38.8. The van der Waals surface area contributed by atoms with Crippen molar-refractivity contribution < 1.29 is 33.6 Å². The molecule has 8 rings (SSSR count). The van der Waals surface area contributed by atoms with E-state index in [9.17, 15) is 15.2 Å². The fraction of sp³-hybridized carbons (Fsp3) is 0.566. The van der Waals surface area contributed by atoms with E-state index in [0.717, 1.165) is 86.6 Å². The van der Waals surface area contributed by atoms with Gasteiger partial charge in [-0.05, 0) is 62.6 Å². The minimum absolute atomic E-state index is 0.121. The Balaban J connectivity index is 0.681. The smallest absolute Gasteiger partial charge is 0.254 e. The number of aliphatic hydroxyl groups excluding tert-OH is 1. The molecule has 1 aliphatic carbocycles. The summed E-state index contributed by atoms with van der Waals surface area (Å²) in [7, 11) is 2.06. The molecule has 3 aliphatic rings. The van der Waals surface area contributed by atoms with Crippen LogP contribution in [-0.2, 0) is 27.2 Å². The normalized spacial score (nSPS) is 19.7. The number of hydrogen-bond donors (Lipinski definition) is 2.